The van der Waals surface area contributed by atoms with Crippen LogP contribution in [0.3, 0.4) is 0 Å². The molecule has 6 heteroatoms. The molecule has 1 aromatic carbocycles. The van der Waals surface area contributed by atoms with Gasteiger partial charge in [-0.25, -0.2) is 0 Å². The lowest BCUT2D eigenvalue weighted by molar-refractivity contribution is -0.114. The summed E-state index contributed by atoms with van der Waals surface area (Å²) in [6, 6.07) is 7.92. The van der Waals surface area contributed by atoms with E-state index >= 15 is 0 Å². The van der Waals surface area contributed by atoms with Crippen LogP contribution in [0.4, 0.5) is 5.69 Å². The van der Waals surface area contributed by atoms with Crippen molar-refractivity contribution in [3.05, 3.63) is 47.3 Å². The number of nitrogens with one attached hydrogen (secondary N) is 2. The van der Waals surface area contributed by atoms with Crippen LogP contribution in [0.2, 0.25) is 0 Å². The molecule has 0 unspecified atom stereocenters. The van der Waals surface area contributed by atoms with E-state index < -0.39 is 0 Å². The van der Waals surface area contributed by atoms with Crippen LogP contribution < -0.4 is 5.32 Å². The average Bonchev–Trinajstić information content (AvgIpc) is 3.08. The maximum atomic E-state index is 13.0. The van der Waals surface area contributed by atoms with Gasteiger partial charge in [-0.15, -0.1) is 0 Å². The van der Waals surface area contributed by atoms with E-state index in [1.54, 1.807) is 6.20 Å². The van der Waals surface area contributed by atoms with Crippen molar-refractivity contribution in [2.24, 2.45) is 0 Å². The minimum Gasteiger partial charge on any atom is -0.338 e. The number of carbonyl (C=O) groups is 2. The number of benzene rings is 1. The summed E-state index contributed by atoms with van der Waals surface area (Å²) >= 11 is 0. The van der Waals surface area contributed by atoms with Crippen molar-refractivity contribution in [2.45, 2.75) is 51.9 Å². The zero-order chi connectivity index (χ0) is 19.6. The smallest absolute Gasteiger partial charge is 0.253 e. The van der Waals surface area contributed by atoms with Gasteiger partial charge < -0.3 is 10.2 Å². The van der Waals surface area contributed by atoms with E-state index in [1.165, 1.54) is 12.5 Å². The highest BCUT2D eigenvalue weighted by atomic mass is 16.2. The number of carbonyl (C=O) groups excluding carboxylic acids is 2. The highest BCUT2D eigenvalue weighted by Crippen LogP contribution is 2.31. The van der Waals surface area contributed by atoms with Crippen molar-refractivity contribution in [3.8, 4) is 0 Å². The first-order chi connectivity index (χ1) is 12.8. The third-order valence-electron chi connectivity index (χ3n) is 5.09. The van der Waals surface area contributed by atoms with E-state index in [9.17, 15) is 9.59 Å². The molecule has 0 spiro atoms. The molecular formula is C21H28N4O2. The van der Waals surface area contributed by atoms with E-state index in [1.807, 2.05) is 29.2 Å². The highest BCUT2D eigenvalue weighted by Gasteiger charge is 2.28. The van der Waals surface area contributed by atoms with Gasteiger partial charge in [0.2, 0.25) is 5.91 Å². The van der Waals surface area contributed by atoms with Crippen LogP contribution in [0.25, 0.3) is 0 Å². The van der Waals surface area contributed by atoms with Gasteiger partial charge in [-0.2, -0.15) is 5.10 Å². The number of piperidine rings is 1. The fourth-order valence-electron chi connectivity index (χ4n) is 3.59. The molecule has 1 atom stereocenters. The Labute approximate surface area is 160 Å². The van der Waals surface area contributed by atoms with E-state index in [2.05, 4.69) is 36.3 Å². The third kappa shape index (κ3) is 4.38. The molecule has 0 bridgehead atoms. The molecule has 1 aromatic heterocycles. The summed E-state index contributed by atoms with van der Waals surface area (Å²) in [4.78, 5) is 26.3. The number of aromatic amines is 1. The molecule has 2 heterocycles. The van der Waals surface area contributed by atoms with Crippen molar-refractivity contribution in [1.29, 1.82) is 0 Å². The molecule has 2 N–H and O–H groups in total. The van der Waals surface area contributed by atoms with Gasteiger partial charge in [0.1, 0.15) is 0 Å². The second kappa shape index (κ2) is 7.55. The summed E-state index contributed by atoms with van der Waals surface area (Å²) in [7, 11) is 0. The van der Waals surface area contributed by atoms with E-state index in [-0.39, 0.29) is 23.1 Å². The molecule has 0 aliphatic carbocycles. The Bertz CT molecular complexity index is 817. The minimum absolute atomic E-state index is 0.0563. The highest BCUT2D eigenvalue weighted by molar-refractivity contribution is 5.94. The number of hydrogen-bond acceptors (Lipinski definition) is 3. The molecule has 2 amide bonds. The Hall–Kier alpha value is -2.63. The molecule has 27 heavy (non-hydrogen) atoms. The summed E-state index contributed by atoms with van der Waals surface area (Å²) in [5, 5.41) is 9.88. The number of hydrogen-bond donors (Lipinski definition) is 2. The molecule has 0 saturated carbocycles. The summed E-state index contributed by atoms with van der Waals surface area (Å²) in [6.07, 6.45) is 3.51. The zero-order valence-corrected chi connectivity index (χ0v) is 16.5. The second-order valence-electron chi connectivity index (χ2n) is 8.30. The molecule has 1 saturated heterocycles. The summed E-state index contributed by atoms with van der Waals surface area (Å²) in [5.74, 6) is 0.0713. The van der Waals surface area contributed by atoms with Crippen molar-refractivity contribution in [2.75, 3.05) is 18.4 Å². The van der Waals surface area contributed by atoms with Gasteiger partial charge >= 0.3 is 0 Å². The van der Waals surface area contributed by atoms with E-state index in [0.29, 0.717) is 12.2 Å². The molecule has 1 aliphatic heterocycles. The number of amides is 2. The van der Waals surface area contributed by atoms with Gasteiger partial charge in [0.25, 0.3) is 5.91 Å². The Kier molecular flexibility index (Phi) is 5.35. The molecule has 6 nitrogen and oxygen atoms in total. The van der Waals surface area contributed by atoms with Gasteiger partial charge in [0, 0.05) is 31.5 Å². The number of anilines is 1. The van der Waals surface area contributed by atoms with Gasteiger partial charge in [0.05, 0.1) is 17.6 Å². The van der Waals surface area contributed by atoms with Crippen LogP contribution in [-0.4, -0.2) is 40.0 Å². The molecule has 0 radical (unpaired) electrons. The van der Waals surface area contributed by atoms with Gasteiger partial charge in [-0.1, -0.05) is 32.9 Å². The van der Waals surface area contributed by atoms with Crippen LogP contribution in [0.15, 0.2) is 30.5 Å². The standard InChI is InChI=1S/C21H28N4O2/c1-14(26)23-18-12-22-24-19(18)16-6-5-11-25(13-16)20(27)15-7-9-17(10-8-15)21(2,3)4/h7-10,12,16H,5-6,11,13H2,1-4H3,(H,22,24)(H,23,26)/t16-/m0/s1. The predicted octanol–water partition coefficient (Wildman–Crippen LogP) is 3.69. The van der Waals surface area contributed by atoms with E-state index in [0.717, 1.165) is 30.6 Å². The number of rotatable bonds is 3. The zero-order valence-electron chi connectivity index (χ0n) is 16.5. The van der Waals surface area contributed by atoms with Crippen molar-refractivity contribution < 1.29 is 9.59 Å². The first-order valence-corrected chi connectivity index (χ1v) is 9.46. The third-order valence-corrected chi connectivity index (χ3v) is 5.09. The topological polar surface area (TPSA) is 78.1 Å². The molecule has 1 fully saturated rings. The number of aromatic nitrogens is 2. The first-order valence-electron chi connectivity index (χ1n) is 9.46. The maximum Gasteiger partial charge on any atom is 0.253 e. The van der Waals surface area contributed by atoms with Gasteiger partial charge in [-0.05, 0) is 36.0 Å². The monoisotopic (exact) mass is 368 g/mol. The predicted molar refractivity (Wildman–Crippen MR) is 106 cm³/mol. The fourth-order valence-corrected chi connectivity index (χ4v) is 3.59. The summed E-state index contributed by atoms with van der Waals surface area (Å²) in [6.45, 7) is 9.34. The van der Waals surface area contributed by atoms with Gasteiger partial charge in [0.15, 0.2) is 0 Å². The van der Waals surface area contributed by atoms with Crippen LogP contribution in [0.5, 0.6) is 0 Å². The summed E-state index contributed by atoms with van der Waals surface area (Å²) in [5.41, 5.74) is 3.60. The van der Waals surface area contributed by atoms with Crippen LogP contribution >= 0.6 is 0 Å². The number of nitrogens with zero attached hydrogens (tertiary/aromatic N) is 2. The average molecular weight is 368 g/mol. The Morgan fingerprint density at radius 1 is 1.22 bits per heavy atom. The van der Waals surface area contributed by atoms with Crippen molar-refractivity contribution in [1.82, 2.24) is 15.1 Å². The molecule has 144 valence electrons. The minimum atomic E-state index is -0.125. The lowest BCUT2D eigenvalue weighted by Gasteiger charge is -2.33. The lowest BCUT2D eigenvalue weighted by atomic mass is 9.86. The van der Waals surface area contributed by atoms with Crippen LogP contribution in [0.1, 0.15) is 68.1 Å². The van der Waals surface area contributed by atoms with Gasteiger partial charge in [-0.3, -0.25) is 14.7 Å². The molecule has 1 aliphatic rings. The van der Waals surface area contributed by atoms with Crippen molar-refractivity contribution >= 4 is 17.5 Å². The quantitative estimate of drug-likeness (QED) is 0.867. The molecule has 2 aromatic rings. The Morgan fingerprint density at radius 3 is 2.56 bits per heavy atom. The van der Waals surface area contributed by atoms with E-state index in [4.69, 9.17) is 0 Å². The Morgan fingerprint density at radius 2 is 1.93 bits per heavy atom. The largest absolute Gasteiger partial charge is 0.338 e. The maximum absolute atomic E-state index is 13.0. The number of likely N-dealkylation sites (tertiary alicyclic amines) is 1. The van der Waals surface area contributed by atoms with Crippen LogP contribution in [0, 0.1) is 0 Å². The SMILES string of the molecule is CC(=O)Nc1cn[nH]c1[C@H]1CCCN(C(=O)c2ccc(C(C)(C)C)cc2)C1. The first kappa shape index (κ1) is 19.1. The number of H-pyrrole nitrogens is 1. The van der Waals surface area contributed by atoms with Crippen LogP contribution in [-0.2, 0) is 10.2 Å². The normalized spacial score (nSPS) is 17.6. The molecular weight excluding hydrogens is 340 g/mol. The fraction of sp³-hybridized carbons (Fsp3) is 0.476. The second-order valence-corrected chi connectivity index (χ2v) is 8.30. The summed E-state index contributed by atoms with van der Waals surface area (Å²) < 4.78 is 0. The Balaban J connectivity index is 1.73. The molecule has 3 rings (SSSR count). The lowest BCUT2D eigenvalue weighted by Crippen LogP contribution is -2.39. The van der Waals surface area contributed by atoms with Crippen molar-refractivity contribution in [3.63, 3.8) is 0 Å².